The number of carbonyl (C=O) groups excluding carboxylic acids is 1. The fourth-order valence-electron chi connectivity index (χ4n) is 3.14. The number of carbonyl (C=O) groups is 1. The van der Waals surface area contributed by atoms with Crippen LogP contribution in [0.4, 0.5) is 0 Å². The first-order chi connectivity index (χ1) is 13.6. The zero-order valence-electron chi connectivity index (χ0n) is 15.6. The van der Waals surface area contributed by atoms with Crippen LogP contribution in [0.1, 0.15) is 29.5 Å². The molecule has 0 aliphatic heterocycles. The van der Waals surface area contributed by atoms with Crippen molar-refractivity contribution < 1.29 is 14.6 Å². The number of halogens is 1. The van der Waals surface area contributed by atoms with Crippen molar-refractivity contribution in [2.24, 2.45) is 0 Å². The standard InChI is InChI=1S/C24H21BrO3/c1-28-23(27)16-15-22(17-5-3-2-4-6-17)24(18-7-11-20(25)12-8-18)19-9-13-21(26)14-10-19/h2-14,26H,15-16H2,1H3/b24-22-. The van der Waals surface area contributed by atoms with Crippen molar-refractivity contribution in [3.05, 3.63) is 100 Å². The molecular formula is C24H21BrO3. The molecule has 0 atom stereocenters. The van der Waals surface area contributed by atoms with E-state index in [9.17, 15) is 9.90 Å². The van der Waals surface area contributed by atoms with Crippen molar-refractivity contribution >= 4 is 33.0 Å². The van der Waals surface area contributed by atoms with Gasteiger partial charge in [0.1, 0.15) is 5.75 Å². The van der Waals surface area contributed by atoms with Gasteiger partial charge in [0, 0.05) is 10.9 Å². The van der Waals surface area contributed by atoms with Crippen LogP contribution >= 0.6 is 15.9 Å². The minimum Gasteiger partial charge on any atom is -0.508 e. The predicted octanol–water partition coefficient (Wildman–Crippen LogP) is 6.07. The Labute approximate surface area is 173 Å². The number of phenolic OH excluding ortho intramolecular Hbond substituents is 1. The molecule has 3 nitrogen and oxygen atoms in total. The van der Waals surface area contributed by atoms with E-state index in [1.54, 1.807) is 12.1 Å². The van der Waals surface area contributed by atoms with Crippen molar-refractivity contribution in [1.82, 2.24) is 0 Å². The van der Waals surface area contributed by atoms with E-state index in [4.69, 9.17) is 4.74 Å². The third-order valence-corrected chi connectivity index (χ3v) is 5.05. The van der Waals surface area contributed by atoms with Gasteiger partial charge in [-0.3, -0.25) is 4.79 Å². The van der Waals surface area contributed by atoms with E-state index in [2.05, 4.69) is 15.9 Å². The molecule has 0 aliphatic carbocycles. The first kappa shape index (κ1) is 19.9. The maximum absolute atomic E-state index is 11.8. The van der Waals surface area contributed by atoms with Crippen molar-refractivity contribution in [3.63, 3.8) is 0 Å². The molecule has 28 heavy (non-hydrogen) atoms. The number of aromatic hydroxyl groups is 1. The van der Waals surface area contributed by atoms with Crippen molar-refractivity contribution in [3.8, 4) is 5.75 Å². The van der Waals surface area contributed by atoms with E-state index >= 15 is 0 Å². The average molecular weight is 437 g/mol. The summed E-state index contributed by atoms with van der Waals surface area (Å²) in [7, 11) is 1.41. The topological polar surface area (TPSA) is 46.5 Å². The Hall–Kier alpha value is -2.85. The summed E-state index contributed by atoms with van der Waals surface area (Å²) in [6.07, 6.45) is 0.835. The minimum absolute atomic E-state index is 0.217. The lowest BCUT2D eigenvalue weighted by Gasteiger charge is -2.17. The molecule has 1 N–H and O–H groups in total. The third kappa shape index (κ3) is 4.90. The number of allylic oxidation sites excluding steroid dienone is 1. The zero-order chi connectivity index (χ0) is 19.9. The van der Waals surface area contributed by atoms with Gasteiger partial charge in [-0.1, -0.05) is 70.5 Å². The van der Waals surface area contributed by atoms with Gasteiger partial charge in [-0.15, -0.1) is 0 Å². The van der Waals surface area contributed by atoms with E-state index in [0.717, 1.165) is 32.3 Å². The largest absolute Gasteiger partial charge is 0.508 e. The highest BCUT2D eigenvalue weighted by Gasteiger charge is 2.16. The number of phenols is 1. The molecule has 0 unspecified atom stereocenters. The number of ether oxygens (including phenoxy) is 1. The van der Waals surface area contributed by atoms with Crippen molar-refractivity contribution in [2.45, 2.75) is 12.8 Å². The van der Waals surface area contributed by atoms with Crippen LogP contribution in [0.5, 0.6) is 5.75 Å². The molecule has 0 fully saturated rings. The van der Waals surface area contributed by atoms with Crippen molar-refractivity contribution in [2.75, 3.05) is 7.11 Å². The highest BCUT2D eigenvalue weighted by atomic mass is 79.9. The highest BCUT2D eigenvalue weighted by molar-refractivity contribution is 9.10. The van der Waals surface area contributed by atoms with E-state index < -0.39 is 0 Å². The Morgan fingerprint density at radius 3 is 1.96 bits per heavy atom. The van der Waals surface area contributed by atoms with Gasteiger partial charge in [0.15, 0.2) is 0 Å². The molecule has 3 aromatic rings. The molecule has 4 heteroatoms. The number of benzene rings is 3. The van der Waals surface area contributed by atoms with Gasteiger partial charge in [-0.05, 0) is 58.5 Å². The third-order valence-electron chi connectivity index (χ3n) is 4.52. The summed E-state index contributed by atoms with van der Waals surface area (Å²) in [4.78, 5) is 11.8. The van der Waals surface area contributed by atoms with Crippen LogP contribution in [0.2, 0.25) is 0 Å². The van der Waals surface area contributed by atoms with E-state index in [0.29, 0.717) is 12.8 Å². The Bertz CT molecular complexity index is 911. The Balaban J connectivity index is 2.22. The monoisotopic (exact) mass is 436 g/mol. The predicted molar refractivity (Wildman–Crippen MR) is 116 cm³/mol. The summed E-state index contributed by atoms with van der Waals surface area (Å²) < 4.78 is 5.86. The number of rotatable bonds is 6. The molecule has 3 rings (SSSR count). The van der Waals surface area contributed by atoms with Crippen LogP contribution in [0.3, 0.4) is 0 Å². The molecule has 3 aromatic carbocycles. The zero-order valence-corrected chi connectivity index (χ0v) is 17.1. The maximum atomic E-state index is 11.8. The van der Waals surface area contributed by atoms with Crippen LogP contribution in [-0.4, -0.2) is 18.2 Å². The number of hydrogen-bond acceptors (Lipinski definition) is 3. The summed E-state index contributed by atoms with van der Waals surface area (Å²) in [6.45, 7) is 0. The van der Waals surface area contributed by atoms with Gasteiger partial charge in [-0.2, -0.15) is 0 Å². The van der Waals surface area contributed by atoms with Crippen molar-refractivity contribution in [1.29, 1.82) is 0 Å². The number of hydrogen-bond donors (Lipinski definition) is 1. The molecule has 0 aliphatic rings. The van der Waals surface area contributed by atoms with E-state index in [-0.39, 0.29) is 11.7 Å². The van der Waals surface area contributed by atoms with Gasteiger partial charge in [0.05, 0.1) is 7.11 Å². The van der Waals surface area contributed by atoms with E-state index in [1.807, 2.05) is 66.7 Å². The lowest BCUT2D eigenvalue weighted by Crippen LogP contribution is -2.02. The quantitative estimate of drug-likeness (QED) is 0.376. The number of esters is 1. The lowest BCUT2D eigenvalue weighted by molar-refractivity contribution is -0.140. The van der Waals surface area contributed by atoms with Crippen LogP contribution < -0.4 is 0 Å². The summed E-state index contributed by atoms with van der Waals surface area (Å²) in [5.74, 6) is -0.0241. The Morgan fingerprint density at radius 1 is 0.821 bits per heavy atom. The molecular weight excluding hydrogens is 416 g/mol. The maximum Gasteiger partial charge on any atom is 0.305 e. The Morgan fingerprint density at radius 2 is 1.39 bits per heavy atom. The summed E-state index contributed by atoms with van der Waals surface area (Å²) in [6, 6.07) is 25.3. The Kier molecular flexibility index (Phi) is 6.66. The molecule has 0 spiro atoms. The molecule has 0 amide bonds. The molecule has 0 radical (unpaired) electrons. The van der Waals surface area contributed by atoms with Crippen LogP contribution in [0, 0.1) is 0 Å². The molecule has 0 heterocycles. The van der Waals surface area contributed by atoms with Gasteiger partial charge in [0.25, 0.3) is 0 Å². The molecule has 0 saturated heterocycles. The first-order valence-electron chi connectivity index (χ1n) is 8.99. The van der Waals surface area contributed by atoms with Crippen LogP contribution in [0.15, 0.2) is 83.3 Å². The fourth-order valence-corrected chi connectivity index (χ4v) is 3.41. The molecule has 0 saturated carbocycles. The van der Waals surface area contributed by atoms with Gasteiger partial charge in [-0.25, -0.2) is 0 Å². The summed E-state index contributed by atoms with van der Waals surface area (Å²) in [5, 5.41) is 9.73. The highest BCUT2D eigenvalue weighted by Crippen LogP contribution is 2.36. The van der Waals surface area contributed by atoms with E-state index in [1.165, 1.54) is 7.11 Å². The van der Waals surface area contributed by atoms with Crippen LogP contribution in [-0.2, 0) is 9.53 Å². The number of methoxy groups -OCH3 is 1. The normalized spacial score (nSPS) is 11.6. The fraction of sp³-hybridized carbons (Fsp3) is 0.125. The second kappa shape index (κ2) is 9.38. The van der Waals surface area contributed by atoms with Gasteiger partial charge >= 0.3 is 5.97 Å². The lowest BCUT2D eigenvalue weighted by atomic mass is 9.87. The van der Waals surface area contributed by atoms with Gasteiger partial charge < -0.3 is 9.84 Å². The SMILES string of the molecule is COC(=O)CC/C(=C(/c1ccc(O)cc1)c1ccc(Br)cc1)c1ccccc1. The second-order valence-electron chi connectivity index (χ2n) is 6.35. The van der Waals surface area contributed by atoms with Gasteiger partial charge in [0.2, 0.25) is 0 Å². The smallest absolute Gasteiger partial charge is 0.305 e. The molecule has 0 bridgehead atoms. The first-order valence-corrected chi connectivity index (χ1v) is 9.78. The molecule has 0 aromatic heterocycles. The minimum atomic E-state index is -0.241. The summed E-state index contributed by atoms with van der Waals surface area (Å²) in [5.41, 5.74) is 5.15. The second-order valence-corrected chi connectivity index (χ2v) is 7.27. The molecule has 142 valence electrons. The summed E-state index contributed by atoms with van der Waals surface area (Å²) >= 11 is 3.49. The average Bonchev–Trinajstić information content (AvgIpc) is 2.73. The van der Waals surface area contributed by atoms with Crippen LogP contribution in [0.25, 0.3) is 11.1 Å².